The van der Waals surface area contributed by atoms with Crippen LogP contribution in [0.1, 0.15) is 12.2 Å². The zero-order chi connectivity index (χ0) is 11.3. The van der Waals surface area contributed by atoms with E-state index < -0.39 is 5.91 Å². The molecule has 1 N–H and O–H groups in total. The molecule has 0 aliphatic rings. The van der Waals surface area contributed by atoms with Gasteiger partial charge in [0.1, 0.15) is 12.2 Å². The van der Waals surface area contributed by atoms with E-state index in [0.717, 1.165) is 4.47 Å². The molecule has 7 heteroatoms. The van der Waals surface area contributed by atoms with Crippen molar-refractivity contribution in [3.63, 3.8) is 0 Å². The molecular formula is C8H5Br2N3O2. The van der Waals surface area contributed by atoms with Crippen LogP contribution in [0.5, 0.6) is 0 Å². The van der Waals surface area contributed by atoms with E-state index in [-0.39, 0.29) is 6.42 Å². The van der Waals surface area contributed by atoms with E-state index in [1.54, 1.807) is 12.1 Å². The number of hydrazone groups is 1. The maximum atomic E-state index is 10.8. The van der Waals surface area contributed by atoms with E-state index in [9.17, 15) is 4.79 Å². The average molecular weight is 335 g/mol. The fourth-order valence-electron chi connectivity index (χ4n) is 0.706. The molecule has 0 aromatic carbocycles. The number of halogens is 2. The standard InChI is InChI=1S/C8H5Br2N3O2/c9-6-3-5(15-8(6)10)4-12-13-7(14)1-2-11/h3-4H,1H2,(H,13,14)/b12-4-. The summed E-state index contributed by atoms with van der Waals surface area (Å²) in [6, 6.07) is 3.39. The van der Waals surface area contributed by atoms with Crippen molar-refractivity contribution in [3.05, 3.63) is 21.0 Å². The van der Waals surface area contributed by atoms with Crippen LogP contribution in [0.3, 0.4) is 0 Å². The number of rotatable bonds is 3. The molecule has 5 nitrogen and oxygen atoms in total. The third-order valence-corrected chi connectivity index (χ3v) is 3.00. The van der Waals surface area contributed by atoms with Gasteiger partial charge in [-0.25, -0.2) is 5.43 Å². The first kappa shape index (κ1) is 11.9. The van der Waals surface area contributed by atoms with Crippen LogP contribution in [0.15, 0.2) is 24.7 Å². The Labute approximate surface area is 102 Å². The summed E-state index contributed by atoms with van der Waals surface area (Å²) >= 11 is 6.39. The van der Waals surface area contributed by atoms with Crippen LogP contribution in [0.2, 0.25) is 0 Å². The summed E-state index contributed by atoms with van der Waals surface area (Å²) in [6.07, 6.45) is 1.12. The fraction of sp³-hybridized carbons (Fsp3) is 0.125. The van der Waals surface area contributed by atoms with Crippen LogP contribution < -0.4 is 5.43 Å². The van der Waals surface area contributed by atoms with Gasteiger partial charge >= 0.3 is 0 Å². The van der Waals surface area contributed by atoms with Crippen LogP contribution in [-0.2, 0) is 4.79 Å². The highest BCUT2D eigenvalue weighted by Crippen LogP contribution is 2.25. The van der Waals surface area contributed by atoms with Gasteiger partial charge in [-0.3, -0.25) is 4.79 Å². The zero-order valence-electron chi connectivity index (χ0n) is 7.33. The number of nitriles is 1. The second-order valence-electron chi connectivity index (χ2n) is 2.40. The first-order valence-electron chi connectivity index (χ1n) is 3.77. The molecule has 1 amide bonds. The van der Waals surface area contributed by atoms with Gasteiger partial charge in [-0.1, -0.05) is 0 Å². The Kier molecular flexibility index (Phi) is 4.52. The van der Waals surface area contributed by atoms with Gasteiger partial charge in [0.2, 0.25) is 0 Å². The van der Waals surface area contributed by atoms with Gasteiger partial charge in [0.15, 0.2) is 4.67 Å². The molecule has 78 valence electrons. The quantitative estimate of drug-likeness (QED) is 0.679. The third kappa shape index (κ3) is 3.85. The molecule has 0 radical (unpaired) electrons. The molecule has 0 aliphatic carbocycles. The molecule has 1 aromatic heterocycles. The lowest BCUT2D eigenvalue weighted by molar-refractivity contribution is -0.120. The molecule has 0 unspecified atom stereocenters. The van der Waals surface area contributed by atoms with Crippen molar-refractivity contribution in [2.24, 2.45) is 5.10 Å². The highest BCUT2D eigenvalue weighted by molar-refractivity contribution is 9.13. The fourth-order valence-corrected chi connectivity index (χ4v) is 1.31. The van der Waals surface area contributed by atoms with Crippen molar-refractivity contribution in [3.8, 4) is 6.07 Å². The minimum absolute atomic E-state index is 0.219. The summed E-state index contributed by atoms with van der Waals surface area (Å²) in [4.78, 5) is 10.8. The van der Waals surface area contributed by atoms with Gasteiger partial charge in [-0.2, -0.15) is 10.4 Å². The Hall–Kier alpha value is -1.13. The zero-order valence-corrected chi connectivity index (χ0v) is 10.5. The summed E-state index contributed by atoms with van der Waals surface area (Å²) < 4.78 is 6.47. The number of hydrogen-bond donors (Lipinski definition) is 1. The van der Waals surface area contributed by atoms with Crippen LogP contribution in [0.4, 0.5) is 0 Å². The molecule has 0 fully saturated rings. The van der Waals surface area contributed by atoms with Gasteiger partial charge in [-0.15, -0.1) is 0 Å². The van der Waals surface area contributed by atoms with E-state index in [0.29, 0.717) is 10.4 Å². The van der Waals surface area contributed by atoms with E-state index >= 15 is 0 Å². The normalized spacial score (nSPS) is 10.2. The molecule has 1 heterocycles. The van der Waals surface area contributed by atoms with Gasteiger partial charge in [0, 0.05) is 6.07 Å². The van der Waals surface area contributed by atoms with Crippen molar-refractivity contribution >= 4 is 44.0 Å². The van der Waals surface area contributed by atoms with Crippen LogP contribution in [-0.4, -0.2) is 12.1 Å². The van der Waals surface area contributed by atoms with E-state index in [2.05, 4.69) is 42.4 Å². The summed E-state index contributed by atoms with van der Waals surface area (Å²) in [5, 5.41) is 11.8. The number of nitrogens with one attached hydrogen (secondary N) is 1. The minimum Gasteiger partial charge on any atom is -0.447 e. The van der Waals surface area contributed by atoms with Crippen molar-refractivity contribution < 1.29 is 9.21 Å². The van der Waals surface area contributed by atoms with Gasteiger partial charge in [-0.05, 0) is 31.9 Å². The molecule has 0 atom stereocenters. The van der Waals surface area contributed by atoms with E-state index in [1.807, 2.05) is 0 Å². The van der Waals surface area contributed by atoms with Crippen molar-refractivity contribution in [1.29, 1.82) is 5.26 Å². The summed E-state index contributed by atoms with van der Waals surface area (Å²) in [5.41, 5.74) is 2.18. The SMILES string of the molecule is N#CCC(=O)N/N=C\c1cc(Br)c(Br)o1. The Balaban J connectivity index is 2.52. The van der Waals surface area contributed by atoms with E-state index in [1.165, 1.54) is 6.21 Å². The molecule has 1 rings (SSSR count). The lowest BCUT2D eigenvalue weighted by Gasteiger charge is -1.90. The van der Waals surface area contributed by atoms with E-state index in [4.69, 9.17) is 9.68 Å². The van der Waals surface area contributed by atoms with Gasteiger partial charge in [0.25, 0.3) is 5.91 Å². The van der Waals surface area contributed by atoms with Crippen LogP contribution >= 0.6 is 31.9 Å². The Morgan fingerprint density at radius 1 is 1.73 bits per heavy atom. The summed E-state index contributed by atoms with van der Waals surface area (Å²) in [7, 11) is 0. The number of furan rings is 1. The van der Waals surface area contributed by atoms with Crippen molar-refractivity contribution in [2.45, 2.75) is 6.42 Å². The maximum Gasteiger partial charge on any atom is 0.254 e. The second kappa shape index (κ2) is 5.68. The van der Waals surface area contributed by atoms with Gasteiger partial charge in [0.05, 0.1) is 16.8 Å². The number of amides is 1. The topological polar surface area (TPSA) is 78.4 Å². The Bertz CT molecular complexity index is 414. The molecule has 0 bridgehead atoms. The van der Waals surface area contributed by atoms with Gasteiger partial charge < -0.3 is 4.42 Å². The first-order valence-corrected chi connectivity index (χ1v) is 5.35. The monoisotopic (exact) mass is 333 g/mol. The number of hydrogen-bond acceptors (Lipinski definition) is 4. The largest absolute Gasteiger partial charge is 0.447 e. The molecule has 15 heavy (non-hydrogen) atoms. The smallest absolute Gasteiger partial charge is 0.254 e. The van der Waals surface area contributed by atoms with Crippen molar-refractivity contribution in [1.82, 2.24) is 5.43 Å². The highest BCUT2D eigenvalue weighted by atomic mass is 79.9. The molecule has 0 spiro atoms. The number of carbonyl (C=O) groups is 1. The minimum atomic E-state index is -0.460. The van der Waals surface area contributed by atoms with Crippen LogP contribution in [0, 0.1) is 11.3 Å². The molecule has 0 saturated heterocycles. The Morgan fingerprint density at radius 2 is 2.47 bits per heavy atom. The summed E-state index contributed by atoms with van der Waals surface area (Å²) in [6.45, 7) is 0. The summed E-state index contributed by atoms with van der Waals surface area (Å²) in [5.74, 6) is 0.0180. The second-order valence-corrected chi connectivity index (χ2v) is 3.97. The first-order chi connectivity index (χ1) is 7.13. The maximum absolute atomic E-state index is 10.8. The molecule has 0 saturated carbocycles. The highest BCUT2D eigenvalue weighted by Gasteiger charge is 2.03. The Morgan fingerprint density at radius 3 is 3.00 bits per heavy atom. The molecule has 0 aliphatic heterocycles. The lowest BCUT2D eigenvalue weighted by Crippen LogP contribution is -2.15. The molecule has 1 aromatic rings. The predicted octanol–water partition coefficient (Wildman–Crippen LogP) is 2.17. The average Bonchev–Trinajstić information content (AvgIpc) is 2.46. The van der Waals surface area contributed by atoms with Crippen LogP contribution in [0.25, 0.3) is 0 Å². The number of nitrogens with zero attached hydrogens (tertiary/aromatic N) is 2. The molecular weight excluding hydrogens is 330 g/mol. The lowest BCUT2D eigenvalue weighted by atomic mass is 10.5. The number of carbonyl (C=O) groups excluding carboxylic acids is 1. The predicted molar refractivity (Wildman–Crippen MR) is 60.1 cm³/mol. The third-order valence-electron chi connectivity index (χ3n) is 1.28. The van der Waals surface area contributed by atoms with Crippen molar-refractivity contribution in [2.75, 3.05) is 0 Å².